The average molecular weight is 258 g/mol. The van der Waals surface area contributed by atoms with E-state index in [1.807, 2.05) is 24.3 Å². The number of pyridine rings is 1. The zero-order chi connectivity index (χ0) is 13.2. The minimum atomic E-state index is -0.559. The maximum absolute atomic E-state index is 13.6. The molecule has 1 aliphatic rings. The lowest BCUT2D eigenvalue weighted by atomic mass is 10.0. The second-order valence-corrected chi connectivity index (χ2v) is 4.73. The average Bonchev–Trinajstić information content (AvgIpc) is 3.23. The summed E-state index contributed by atoms with van der Waals surface area (Å²) < 4.78 is 19.3. The van der Waals surface area contributed by atoms with E-state index in [-0.39, 0.29) is 11.5 Å². The summed E-state index contributed by atoms with van der Waals surface area (Å²) in [4.78, 5) is 4.00. The van der Waals surface area contributed by atoms with Gasteiger partial charge in [-0.25, -0.2) is 4.39 Å². The lowest BCUT2D eigenvalue weighted by Crippen LogP contribution is -2.15. The number of benzene rings is 1. The van der Waals surface area contributed by atoms with Crippen molar-refractivity contribution in [2.24, 2.45) is 5.73 Å². The molecule has 2 aromatic rings. The van der Waals surface area contributed by atoms with E-state index in [0.717, 1.165) is 24.2 Å². The first-order valence-corrected chi connectivity index (χ1v) is 6.36. The molecule has 1 heterocycles. The first-order chi connectivity index (χ1) is 9.24. The number of hydrogen-bond donors (Lipinski definition) is 1. The highest BCUT2D eigenvalue weighted by Gasteiger charge is 2.23. The van der Waals surface area contributed by atoms with Crippen molar-refractivity contribution in [3.63, 3.8) is 0 Å². The zero-order valence-corrected chi connectivity index (χ0v) is 10.4. The SMILES string of the molecule is NC(c1ccc(OC2CC2)cc1)c1ncccc1F. The molecule has 98 valence electrons. The van der Waals surface area contributed by atoms with Gasteiger partial charge >= 0.3 is 0 Å². The van der Waals surface area contributed by atoms with E-state index in [0.29, 0.717) is 6.10 Å². The fourth-order valence-corrected chi connectivity index (χ4v) is 1.92. The van der Waals surface area contributed by atoms with Gasteiger partial charge in [0.05, 0.1) is 17.8 Å². The van der Waals surface area contributed by atoms with Crippen molar-refractivity contribution in [1.29, 1.82) is 0 Å². The molecular formula is C15H15FN2O. The Balaban J connectivity index is 1.79. The molecule has 1 saturated carbocycles. The first kappa shape index (κ1) is 12.1. The molecule has 2 N–H and O–H groups in total. The number of rotatable bonds is 4. The van der Waals surface area contributed by atoms with Crippen molar-refractivity contribution < 1.29 is 9.13 Å². The van der Waals surface area contributed by atoms with Crippen LogP contribution in [0.3, 0.4) is 0 Å². The van der Waals surface area contributed by atoms with Crippen molar-refractivity contribution in [3.8, 4) is 5.75 Å². The monoisotopic (exact) mass is 258 g/mol. The van der Waals surface area contributed by atoms with Gasteiger partial charge in [-0.15, -0.1) is 0 Å². The summed E-state index contributed by atoms with van der Waals surface area (Å²) in [5, 5.41) is 0. The van der Waals surface area contributed by atoms with Crippen LogP contribution in [0, 0.1) is 5.82 Å². The van der Waals surface area contributed by atoms with Crippen LogP contribution in [0.5, 0.6) is 5.75 Å². The van der Waals surface area contributed by atoms with Crippen molar-refractivity contribution in [3.05, 3.63) is 59.7 Å². The third-order valence-corrected chi connectivity index (χ3v) is 3.15. The van der Waals surface area contributed by atoms with Crippen molar-refractivity contribution >= 4 is 0 Å². The van der Waals surface area contributed by atoms with Crippen LogP contribution in [0.2, 0.25) is 0 Å². The van der Waals surface area contributed by atoms with Crippen LogP contribution in [0.15, 0.2) is 42.6 Å². The first-order valence-electron chi connectivity index (χ1n) is 6.36. The second kappa shape index (κ2) is 4.97. The van der Waals surface area contributed by atoms with Gasteiger partial charge in [-0.05, 0) is 42.7 Å². The van der Waals surface area contributed by atoms with Crippen molar-refractivity contribution in [2.45, 2.75) is 25.0 Å². The molecule has 3 nitrogen and oxygen atoms in total. The van der Waals surface area contributed by atoms with E-state index in [9.17, 15) is 4.39 Å². The predicted octanol–water partition coefficient (Wildman–Crippen LogP) is 2.81. The Morgan fingerprint density at radius 3 is 2.58 bits per heavy atom. The van der Waals surface area contributed by atoms with E-state index in [1.165, 1.54) is 6.07 Å². The Hall–Kier alpha value is -1.94. The maximum Gasteiger partial charge on any atom is 0.146 e. The fraction of sp³-hybridized carbons (Fsp3) is 0.267. The zero-order valence-electron chi connectivity index (χ0n) is 10.4. The number of nitrogens with zero attached hydrogens (tertiary/aromatic N) is 1. The van der Waals surface area contributed by atoms with Crippen LogP contribution < -0.4 is 10.5 Å². The normalized spacial score (nSPS) is 16.1. The summed E-state index contributed by atoms with van der Waals surface area (Å²) in [7, 11) is 0. The number of hydrogen-bond acceptors (Lipinski definition) is 3. The van der Waals surface area contributed by atoms with Gasteiger partial charge in [-0.1, -0.05) is 12.1 Å². The van der Waals surface area contributed by atoms with Gasteiger partial charge < -0.3 is 10.5 Å². The second-order valence-electron chi connectivity index (χ2n) is 4.73. The Labute approximate surface area is 111 Å². The molecule has 1 aliphatic carbocycles. The highest BCUT2D eigenvalue weighted by Crippen LogP contribution is 2.28. The standard InChI is InChI=1S/C15H15FN2O/c16-13-2-1-9-18-15(13)14(17)10-3-5-11(6-4-10)19-12-7-8-12/h1-6,9,12,14H,7-8,17H2. The highest BCUT2D eigenvalue weighted by atomic mass is 19.1. The molecule has 1 unspecified atom stereocenters. The summed E-state index contributed by atoms with van der Waals surface area (Å²) in [6.07, 6.45) is 4.16. The van der Waals surface area contributed by atoms with Crippen LogP contribution >= 0.6 is 0 Å². The van der Waals surface area contributed by atoms with Crippen LogP contribution in [0.4, 0.5) is 4.39 Å². The van der Waals surface area contributed by atoms with Gasteiger partial charge in [0, 0.05) is 6.20 Å². The Morgan fingerprint density at radius 2 is 1.95 bits per heavy atom. The Morgan fingerprint density at radius 1 is 1.21 bits per heavy atom. The Kier molecular flexibility index (Phi) is 3.17. The number of nitrogens with two attached hydrogens (primary N) is 1. The molecule has 0 spiro atoms. The van der Waals surface area contributed by atoms with Crippen LogP contribution in [0.1, 0.15) is 30.1 Å². The van der Waals surface area contributed by atoms with Gasteiger partial charge in [0.15, 0.2) is 0 Å². The van der Waals surface area contributed by atoms with Gasteiger partial charge in [0.2, 0.25) is 0 Å². The smallest absolute Gasteiger partial charge is 0.146 e. The predicted molar refractivity (Wildman–Crippen MR) is 70.3 cm³/mol. The van der Waals surface area contributed by atoms with E-state index in [2.05, 4.69) is 4.98 Å². The molecule has 1 fully saturated rings. The molecule has 0 bridgehead atoms. The third-order valence-electron chi connectivity index (χ3n) is 3.15. The van der Waals surface area contributed by atoms with Crippen LogP contribution in [-0.2, 0) is 0 Å². The molecule has 0 aliphatic heterocycles. The summed E-state index contributed by atoms with van der Waals surface area (Å²) >= 11 is 0. The molecule has 0 amide bonds. The van der Waals surface area contributed by atoms with E-state index in [4.69, 9.17) is 10.5 Å². The molecule has 4 heteroatoms. The van der Waals surface area contributed by atoms with E-state index >= 15 is 0 Å². The van der Waals surface area contributed by atoms with Gasteiger partial charge in [0.1, 0.15) is 11.6 Å². The third kappa shape index (κ3) is 2.74. The number of halogens is 1. The van der Waals surface area contributed by atoms with Crippen molar-refractivity contribution in [2.75, 3.05) is 0 Å². The molecule has 1 atom stereocenters. The van der Waals surface area contributed by atoms with Gasteiger partial charge in [0.25, 0.3) is 0 Å². The maximum atomic E-state index is 13.6. The fourth-order valence-electron chi connectivity index (χ4n) is 1.92. The minimum absolute atomic E-state index is 0.262. The lowest BCUT2D eigenvalue weighted by Gasteiger charge is -2.13. The van der Waals surface area contributed by atoms with E-state index in [1.54, 1.807) is 12.3 Å². The van der Waals surface area contributed by atoms with Gasteiger partial charge in [-0.3, -0.25) is 4.98 Å². The summed E-state index contributed by atoms with van der Waals surface area (Å²) in [5.41, 5.74) is 7.12. The number of aromatic nitrogens is 1. The summed E-state index contributed by atoms with van der Waals surface area (Å²) in [5.74, 6) is 0.452. The molecule has 19 heavy (non-hydrogen) atoms. The van der Waals surface area contributed by atoms with Gasteiger partial charge in [-0.2, -0.15) is 0 Å². The molecule has 0 radical (unpaired) electrons. The number of ether oxygens (including phenoxy) is 1. The van der Waals surface area contributed by atoms with Crippen LogP contribution in [-0.4, -0.2) is 11.1 Å². The molecular weight excluding hydrogens is 243 g/mol. The molecule has 1 aromatic heterocycles. The molecule has 0 saturated heterocycles. The largest absolute Gasteiger partial charge is 0.490 e. The quantitative estimate of drug-likeness (QED) is 0.917. The molecule has 3 rings (SSSR count). The molecule has 1 aromatic carbocycles. The highest BCUT2D eigenvalue weighted by molar-refractivity contribution is 5.33. The summed E-state index contributed by atoms with van der Waals surface area (Å²) in [6, 6.07) is 9.82. The van der Waals surface area contributed by atoms with E-state index < -0.39 is 6.04 Å². The van der Waals surface area contributed by atoms with Crippen LogP contribution in [0.25, 0.3) is 0 Å². The Bertz CT molecular complexity index is 567. The minimum Gasteiger partial charge on any atom is -0.490 e. The lowest BCUT2D eigenvalue weighted by molar-refractivity contribution is 0.303. The summed E-state index contributed by atoms with van der Waals surface area (Å²) in [6.45, 7) is 0. The topological polar surface area (TPSA) is 48.1 Å². The van der Waals surface area contributed by atoms with Crippen molar-refractivity contribution in [1.82, 2.24) is 4.98 Å².